The summed E-state index contributed by atoms with van der Waals surface area (Å²) in [4.78, 5) is 14.4. The number of amides is 1. The van der Waals surface area contributed by atoms with Gasteiger partial charge in [0.2, 0.25) is 0 Å². The largest absolute Gasteiger partial charge is 0.378 e. The van der Waals surface area contributed by atoms with Crippen molar-refractivity contribution in [1.29, 1.82) is 0 Å². The molecule has 0 unspecified atom stereocenters. The maximum absolute atomic E-state index is 14.1. The summed E-state index contributed by atoms with van der Waals surface area (Å²) in [5, 5.41) is 3.20. The molecule has 4 nitrogen and oxygen atoms in total. The molecule has 0 aromatic heterocycles. The monoisotopic (exact) mass is 368 g/mol. The van der Waals surface area contributed by atoms with Crippen LogP contribution in [0.3, 0.4) is 0 Å². The summed E-state index contributed by atoms with van der Waals surface area (Å²) in [6.07, 6.45) is 0. The standard InChI is InChI=1S/C17H15Cl2FN2O2/c18-13-3-1-11(9-14(13)19)17(23)21-16-10-12(2-4-15(16)20)22-5-7-24-8-6-22/h1-4,9-10H,5-8H2,(H,21,23). The summed E-state index contributed by atoms with van der Waals surface area (Å²) >= 11 is 11.8. The van der Waals surface area contributed by atoms with E-state index in [0.29, 0.717) is 23.8 Å². The summed E-state index contributed by atoms with van der Waals surface area (Å²) < 4.78 is 19.4. The predicted molar refractivity (Wildman–Crippen MR) is 93.8 cm³/mol. The molecule has 1 heterocycles. The molecule has 1 amide bonds. The summed E-state index contributed by atoms with van der Waals surface area (Å²) in [7, 11) is 0. The van der Waals surface area contributed by atoms with Crippen LogP contribution in [0.1, 0.15) is 10.4 Å². The van der Waals surface area contributed by atoms with Crippen molar-refractivity contribution in [2.45, 2.75) is 0 Å². The fraction of sp³-hybridized carbons (Fsp3) is 0.235. The number of carbonyl (C=O) groups is 1. The van der Waals surface area contributed by atoms with E-state index in [2.05, 4.69) is 10.2 Å². The lowest BCUT2D eigenvalue weighted by molar-refractivity contribution is 0.102. The van der Waals surface area contributed by atoms with Crippen LogP contribution in [-0.4, -0.2) is 32.2 Å². The second-order valence-corrected chi connectivity index (χ2v) is 6.16. The van der Waals surface area contributed by atoms with Crippen molar-refractivity contribution in [3.05, 3.63) is 57.8 Å². The first-order valence-corrected chi connectivity index (χ1v) is 8.19. The fourth-order valence-corrected chi connectivity index (χ4v) is 2.76. The minimum absolute atomic E-state index is 0.120. The van der Waals surface area contributed by atoms with Gasteiger partial charge in [0.05, 0.1) is 28.9 Å². The Hall–Kier alpha value is -1.82. The van der Waals surface area contributed by atoms with Gasteiger partial charge < -0.3 is 15.0 Å². The van der Waals surface area contributed by atoms with Crippen LogP contribution in [0, 0.1) is 5.82 Å². The van der Waals surface area contributed by atoms with Crippen LogP contribution in [0.4, 0.5) is 15.8 Å². The Labute approximate surface area is 149 Å². The van der Waals surface area contributed by atoms with Gasteiger partial charge in [0.15, 0.2) is 0 Å². The predicted octanol–water partition coefficient (Wildman–Crippen LogP) is 4.22. The molecular weight excluding hydrogens is 354 g/mol. The van der Waals surface area contributed by atoms with Gasteiger partial charge in [0, 0.05) is 24.3 Å². The highest BCUT2D eigenvalue weighted by Crippen LogP contribution is 2.26. The Morgan fingerprint density at radius 2 is 1.83 bits per heavy atom. The topological polar surface area (TPSA) is 41.6 Å². The maximum Gasteiger partial charge on any atom is 0.255 e. The highest BCUT2D eigenvalue weighted by Gasteiger charge is 2.15. The maximum atomic E-state index is 14.1. The normalized spacial score (nSPS) is 14.5. The van der Waals surface area contributed by atoms with Crippen LogP contribution in [-0.2, 0) is 4.74 Å². The number of hydrogen-bond donors (Lipinski definition) is 1. The van der Waals surface area contributed by atoms with Crippen molar-refractivity contribution in [1.82, 2.24) is 0 Å². The highest BCUT2D eigenvalue weighted by atomic mass is 35.5. The molecule has 24 heavy (non-hydrogen) atoms. The van der Waals surface area contributed by atoms with Crippen LogP contribution >= 0.6 is 23.2 Å². The Morgan fingerprint density at radius 3 is 2.54 bits per heavy atom. The van der Waals surface area contributed by atoms with Crippen molar-refractivity contribution in [3.63, 3.8) is 0 Å². The van der Waals surface area contributed by atoms with Gasteiger partial charge in [-0.2, -0.15) is 0 Å². The molecular formula is C17H15Cl2FN2O2. The number of halogens is 3. The van der Waals surface area contributed by atoms with Crippen molar-refractivity contribution >= 4 is 40.5 Å². The summed E-state index contributed by atoms with van der Waals surface area (Å²) in [6, 6.07) is 9.16. The molecule has 0 saturated carbocycles. The second kappa shape index (κ2) is 7.38. The average molecular weight is 369 g/mol. The number of ether oxygens (including phenoxy) is 1. The molecule has 2 aromatic rings. The zero-order chi connectivity index (χ0) is 17.1. The lowest BCUT2D eigenvalue weighted by Gasteiger charge is -2.29. The van der Waals surface area contributed by atoms with Gasteiger partial charge in [-0.3, -0.25) is 4.79 Å². The molecule has 0 bridgehead atoms. The Kier molecular flexibility index (Phi) is 5.23. The summed E-state index contributed by atoms with van der Waals surface area (Å²) in [6.45, 7) is 2.71. The number of morpholine rings is 1. The molecule has 2 aromatic carbocycles. The molecule has 3 rings (SSSR count). The van der Waals surface area contributed by atoms with E-state index in [0.717, 1.165) is 18.8 Å². The van der Waals surface area contributed by atoms with E-state index in [-0.39, 0.29) is 10.7 Å². The van der Waals surface area contributed by atoms with Gasteiger partial charge in [-0.25, -0.2) is 4.39 Å². The van der Waals surface area contributed by atoms with E-state index < -0.39 is 11.7 Å². The molecule has 7 heteroatoms. The van der Waals surface area contributed by atoms with E-state index in [4.69, 9.17) is 27.9 Å². The Balaban J connectivity index is 1.80. The number of nitrogens with zero attached hydrogens (tertiary/aromatic N) is 1. The third kappa shape index (κ3) is 3.80. The third-order valence-electron chi connectivity index (χ3n) is 3.76. The van der Waals surface area contributed by atoms with Gasteiger partial charge in [0.1, 0.15) is 5.82 Å². The third-order valence-corrected chi connectivity index (χ3v) is 4.50. The molecule has 0 spiro atoms. The molecule has 0 atom stereocenters. The van der Waals surface area contributed by atoms with Crippen LogP contribution in [0.25, 0.3) is 0 Å². The van der Waals surface area contributed by atoms with Gasteiger partial charge in [-0.1, -0.05) is 23.2 Å². The summed E-state index contributed by atoms with van der Waals surface area (Å²) in [5.74, 6) is -0.952. The zero-order valence-electron chi connectivity index (χ0n) is 12.7. The summed E-state index contributed by atoms with van der Waals surface area (Å²) in [5.41, 5.74) is 1.26. The number of benzene rings is 2. The quantitative estimate of drug-likeness (QED) is 0.881. The van der Waals surface area contributed by atoms with E-state index in [1.54, 1.807) is 12.1 Å². The van der Waals surface area contributed by atoms with Gasteiger partial charge in [0.25, 0.3) is 5.91 Å². The van der Waals surface area contributed by atoms with E-state index in [9.17, 15) is 9.18 Å². The molecule has 1 N–H and O–H groups in total. The molecule has 0 aliphatic carbocycles. The van der Waals surface area contributed by atoms with Crippen LogP contribution in [0.2, 0.25) is 10.0 Å². The number of rotatable bonds is 3. The first kappa shape index (κ1) is 17.0. The Morgan fingerprint density at radius 1 is 1.08 bits per heavy atom. The molecule has 1 saturated heterocycles. The molecule has 0 radical (unpaired) electrons. The fourth-order valence-electron chi connectivity index (χ4n) is 2.46. The minimum Gasteiger partial charge on any atom is -0.378 e. The van der Waals surface area contributed by atoms with Crippen molar-refractivity contribution < 1.29 is 13.9 Å². The van der Waals surface area contributed by atoms with Crippen molar-refractivity contribution in [2.24, 2.45) is 0 Å². The molecule has 1 aliphatic heterocycles. The van der Waals surface area contributed by atoms with Gasteiger partial charge in [-0.05, 0) is 36.4 Å². The Bertz CT molecular complexity index is 764. The zero-order valence-corrected chi connectivity index (χ0v) is 14.2. The number of carbonyl (C=O) groups excluding carboxylic acids is 1. The number of hydrogen-bond acceptors (Lipinski definition) is 3. The SMILES string of the molecule is O=C(Nc1cc(N2CCOCC2)ccc1F)c1ccc(Cl)c(Cl)c1. The van der Waals surface area contributed by atoms with Crippen molar-refractivity contribution in [2.75, 3.05) is 36.5 Å². The van der Waals surface area contributed by atoms with E-state index >= 15 is 0 Å². The second-order valence-electron chi connectivity index (χ2n) is 5.35. The number of nitrogens with one attached hydrogen (secondary N) is 1. The highest BCUT2D eigenvalue weighted by molar-refractivity contribution is 6.42. The van der Waals surface area contributed by atoms with Gasteiger partial charge in [-0.15, -0.1) is 0 Å². The van der Waals surface area contributed by atoms with Crippen LogP contribution in [0.15, 0.2) is 36.4 Å². The first-order chi connectivity index (χ1) is 11.5. The molecule has 1 aliphatic rings. The first-order valence-electron chi connectivity index (χ1n) is 7.43. The lowest BCUT2D eigenvalue weighted by Crippen LogP contribution is -2.36. The molecule has 1 fully saturated rings. The van der Waals surface area contributed by atoms with Crippen LogP contribution in [0.5, 0.6) is 0 Å². The van der Waals surface area contributed by atoms with E-state index in [1.165, 1.54) is 24.3 Å². The van der Waals surface area contributed by atoms with Gasteiger partial charge >= 0.3 is 0 Å². The van der Waals surface area contributed by atoms with Crippen LogP contribution < -0.4 is 10.2 Å². The van der Waals surface area contributed by atoms with E-state index in [1.807, 2.05) is 0 Å². The minimum atomic E-state index is -0.500. The molecule has 126 valence electrons. The smallest absolute Gasteiger partial charge is 0.255 e. The number of anilines is 2. The lowest BCUT2D eigenvalue weighted by atomic mass is 10.2. The average Bonchev–Trinajstić information content (AvgIpc) is 2.60. The van der Waals surface area contributed by atoms with Crippen molar-refractivity contribution in [3.8, 4) is 0 Å².